The standard InChI is InChI=1S/C54H36N2O/c1-2-14-37(15-3-1)38-28-32-42(33-29-38)55(52-26-13-22-48-47-21-7-11-27-53(47)57-54(48)52)43-34-30-39(31-35-43)40-16-12-17-41(36-40)44-18-4-8-23-49(44)56-50-24-9-5-19-45(50)46-20-6-10-25-51(46)56/h1-36H. The fourth-order valence-corrected chi connectivity index (χ4v) is 8.53. The molecule has 0 aliphatic carbocycles. The van der Waals surface area contributed by atoms with Crippen molar-refractivity contribution in [1.82, 2.24) is 4.57 Å². The number of para-hydroxylation sites is 5. The molecule has 0 aliphatic rings. The third kappa shape index (κ3) is 5.60. The van der Waals surface area contributed by atoms with Gasteiger partial charge in [-0.3, -0.25) is 0 Å². The number of rotatable bonds is 7. The summed E-state index contributed by atoms with van der Waals surface area (Å²) in [6, 6.07) is 78.0. The Bertz CT molecular complexity index is 3170. The molecule has 3 nitrogen and oxygen atoms in total. The van der Waals surface area contributed by atoms with Crippen molar-refractivity contribution in [2.24, 2.45) is 0 Å². The van der Waals surface area contributed by atoms with Gasteiger partial charge in [0.2, 0.25) is 0 Å². The molecule has 3 heteroatoms. The molecule has 2 aromatic heterocycles. The predicted octanol–water partition coefficient (Wildman–Crippen LogP) is 15.2. The molecule has 0 bridgehead atoms. The van der Waals surface area contributed by atoms with Crippen molar-refractivity contribution >= 4 is 60.8 Å². The highest BCUT2D eigenvalue weighted by Crippen LogP contribution is 2.43. The Morgan fingerprint density at radius 1 is 0.351 bits per heavy atom. The van der Waals surface area contributed by atoms with Crippen LogP contribution < -0.4 is 4.90 Å². The van der Waals surface area contributed by atoms with Gasteiger partial charge in [-0.2, -0.15) is 0 Å². The molecule has 0 saturated heterocycles. The smallest absolute Gasteiger partial charge is 0.159 e. The lowest BCUT2D eigenvalue weighted by Gasteiger charge is -2.26. The summed E-state index contributed by atoms with van der Waals surface area (Å²) in [6.07, 6.45) is 0. The van der Waals surface area contributed by atoms with E-state index in [1.54, 1.807) is 0 Å². The highest BCUT2D eigenvalue weighted by atomic mass is 16.3. The Morgan fingerprint density at radius 2 is 0.860 bits per heavy atom. The molecule has 0 amide bonds. The molecule has 57 heavy (non-hydrogen) atoms. The fraction of sp³-hybridized carbons (Fsp3) is 0. The summed E-state index contributed by atoms with van der Waals surface area (Å²) in [6.45, 7) is 0. The zero-order valence-corrected chi connectivity index (χ0v) is 31.1. The second-order valence-corrected chi connectivity index (χ2v) is 14.5. The topological polar surface area (TPSA) is 21.3 Å². The fourth-order valence-electron chi connectivity index (χ4n) is 8.53. The molecule has 0 atom stereocenters. The van der Waals surface area contributed by atoms with E-state index in [1.807, 2.05) is 12.1 Å². The second kappa shape index (κ2) is 13.6. The van der Waals surface area contributed by atoms with Crippen LogP contribution in [0.2, 0.25) is 0 Å². The summed E-state index contributed by atoms with van der Waals surface area (Å²) in [7, 11) is 0. The largest absolute Gasteiger partial charge is 0.454 e. The molecule has 0 unspecified atom stereocenters. The molecule has 0 fully saturated rings. The summed E-state index contributed by atoms with van der Waals surface area (Å²) in [5.41, 5.74) is 15.5. The number of furan rings is 1. The highest BCUT2D eigenvalue weighted by molar-refractivity contribution is 6.11. The number of anilines is 3. The van der Waals surface area contributed by atoms with E-state index in [-0.39, 0.29) is 0 Å². The quantitative estimate of drug-likeness (QED) is 0.163. The van der Waals surface area contributed by atoms with Crippen LogP contribution in [0.25, 0.3) is 82.8 Å². The maximum Gasteiger partial charge on any atom is 0.159 e. The molecule has 9 aromatic carbocycles. The number of nitrogens with zero attached hydrogens (tertiary/aromatic N) is 2. The van der Waals surface area contributed by atoms with E-state index in [0.29, 0.717) is 0 Å². The van der Waals surface area contributed by atoms with Gasteiger partial charge in [-0.1, -0.05) is 158 Å². The van der Waals surface area contributed by atoms with Crippen LogP contribution in [-0.4, -0.2) is 4.57 Å². The van der Waals surface area contributed by atoms with Crippen LogP contribution in [-0.2, 0) is 0 Å². The van der Waals surface area contributed by atoms with Gasteiger partial charge in [-0.05, 0) is 88.5 Å². The van der Waals surface area contributed by atoms with Crippen LogP contribution in [0.5, 0.6) is 0 Å². The molecule has 11 aromatic rings. The average molecular weight is 729 g/mol. The molecule has 11 rings (SSSR count). The van der Waals surface area contributed by atoms with E-state index in [4.69, 9.17) is 4.42 Å². The lowest BCUT2D eigenvalue weighted by atomic mass is 9.97. The normalized spacial score (nSPS) is 11.5. The van der Waals surface area contributed by atoms with Gasteiger partial charge in [0.1, 0.15) is 5.58 Å². The number of aromatic nitrogens is 1. The van der Waals surface area contributed by atoms with Crippen molar-refractivity contribution in [3.8, 4) is 39.1 Å². The molecule has 0 spiro atoms. The van der Waals surface area contributed by atoms with Crippen LogP contribution in [0, 0.1) is 0 Å². The molecule has 268 valence electrons. The summed E-state index contributed by atoms with van der Waals surface area (Å²) in [4.78, 5) is 2.31. The van der Waals surface area contributed by atoms with Crippen LogP contribution in [0.15, 0.2) is 223 Å². The number of benzene rings is 9. The van der Waals surface area contributed by atoms with E-state index in [0.717, 1.165) is 55.8 Å². The minimum Gasteiger partial charge on any atom is -0.454 e. The Hall–Kier alpha value is -7.62. The summed E-state index contributed by atoms with van der Waals surface area (Å²) in [5.74, 6) is 0. The van der Waals surface area contributed by atoms with Crippen molar-refractivity contribution in [1.29, 1.82) is 0 Å². The van der Waals surface area contributed by atoms with E-state index in [2.05, 4.69) is 216 Å². The highest BCUT2D eigenvalue weighted by Gasteiger charge is 2.20. The molecular weight excluding hydrogens is 693 g/mol. The minimum absolute atomic E-state index is 0.865. The zero-order chi connectivity index (χ0) is 37.7. The van der Waals surface area contributed by atoms with Crippen LogP contribution in [0.3, 0.4) is 0 Å². The average Bonchev–Trinajstić information content (AvgIpc) is 3.84. The Labute approximate surface area is 330 Å². The zero-order valence-electron chi connectivity index (χ0n) is 31.1. The molecule has 0 N–H and O–H groups in total. The van der Waals surface area contributed by atoms with Gasteiger partial charge >= 0.3 is 0 Å². The first-order valence-corrected chi connectivity index (χ1v) is 19.4. The third-order valence-electron chi connectivity index (χ3n) is 11.2. The van der Waals surface area contributed by atoms with Gasteiger partial charge in [0.25, 0.3) is 0 Å². The number of fused-ring (bicyclic) bond motifs is 6. The van der Waals surface area contributed by atoms with Crippen LogP contribution in [0.1, 0.15) is 0 Å². The van der Waals surface area contributed by atoms with Crippen LogP contribution in [0.4, 0.5) is 17.1 Å². The molecule has 2 heterocycles. The summed E-state index contributed by atoms with van der Waals surface area (Å²) in [5, 5.41) is 4.73. The maximum absolute atomic E-state index is 6.59. The summed E-state index contributed by atoms with van der Waals surface area (Å²) < 4.78 is 9.00. The van der Waals surface area contributed by atoms with Gasteiger partial charge < -0.3 is 13.9 Å². The van der Waals surface area contributed by atoms with Crippen molar-refractivity contribution in [3.05, 3.63) is 218 Å². The van der Waals surface area contributed by atoms with Crippen molar-refractivity contribution < 1.29 is 4.42 Å². The lowest BCUT2D eigenvalue weighted by molar-refractivity contribution is 0.669. The third-order valence-corrected chi connectivity index (χ3v) is 11.2. The van der Waals surface area contributed by atoms with E-state index >= 15 is 0 Å². The number of hydrogen-bond acceptors (Lipinski definition) is 2. The first kappa shape index (κ1) is 32.8. The van der Waals surface area contributed by atoms with Crippen LogP contribution >= 0.6 is 0 Å². The van der Waals surface area contributed by atoms with Gasteiger partial charge in [0.15, 0.2) is 5.58 Å². The van der Waals surface area contributed by atoms with Crippen molar-refractivity contribution in [2.45, 2.75) is 0 Å². The minimum atomic E-state index is 0.865. The maximum atomic E-state index is 6.59. The van der Waals surface area contributed by atoms with Gasteiger partial charge in [0, 0.05) is 38.5 Å². The Kier molecular flexibility index (Phi) is 7.82. The van der Waals surface area contributed by atoms with Gasteiger partial charge in [0.05, 0.1) is 22.4 Å². The Balaban J connectivity index is 1.00. The molecular formula is C54H36N2O. The number of hydrogen-bond donors (Lipinski definition) is 0. The van der Waals surface area contributed by atoms with Crippen molar-refractivity contribution in [3.63, 3.8) is 0 Å². The lowest BCUT2D eigenvalue weighted by Crippen LogP contribution is -2.10. The van der Waals surface area contributed by atoms with Gasteiger partial charge in [-0.25, -0.2) is 0 Å². The Morgan fingerprint density at radius 3 is 1.58 bits per heavy atom. The predicted molar refractivity (Wildman–Crippen MR) is 239 cm³/mol. The van der Waals surface area contributed by atoms with E-state index < -0.39 is 0 Å². The summed E-state index contributed by atoms with van der Waals surface area (Å²) >= 11 is 0. The first-order valence-electron chi connectivity index (χ1n) is 19.4. The second-order valence-electron chi connectivity index (χ2n) is 14.5. The first-order chi connectivity index (χ1) is 28.3. The monoisotopic (exact) mass is 728 g/mol. The molecule has 0 radical (unpaired) electrons. The molecule has 0 aliphatic heterocycles. The SMILES string of the molecule is c1ccc(-c2ccc(N(c3ccc(-c4cccc(-c5ccccc5-n5c6ccccc6c6ccccc65)c4)cc3)c3cccc4c3oc3ccccc34)cc2)cc1. The van der Waals surface area contributed by atoms with E-state index in [9.17, 15) is 0 Å². The molecule has 0 saturated carbocycles. The van der Waals surface area contributed by atoms with Gasteiger partial charge in [-0.15, -0.1) is 0 Å². The van der Waals surface area contributed by atoms with E-state index in [1.165, 1.54) is 44.1 Å². The van der Waals surface area contributed by atoms with Crippen molar-refractivity contribution in [2.75, 3.05) is 4.90 Å².